The molecule has 1 N–H and O–H groups in total. The number of carbonyl (C=O) groups excluding carboxylic acids is 2. The van der Waals surface area contributed by atoms with Crippen LogP contribution in [0.2, 0.25) is 0 Å². The van der Waals surface area contributed by atoms with Gasteiger partial charge in [0.05, 0.1) is 7.11 Å². The van der Waals surface area contributed by atoms with E-state index in [-0.39, 0.29) is 25.0 Å². The predicted octanol–water partition coefficient (Wildman–Crippen LogP) is 5.03. The van der Waals surface area contributed by atoms with Gasteiger partial charge in [-0.05, 0) is 41.0 Å². The van der Waals surface area contributed by atoms with Crippen molar-refractivity contribution in [2.45, 2.75) is 25.6 Å². The molecule has 0 aliphatic heterocycles. The molecule has 4 aromatic rings. The van der Waals surface area contributed by atoms with Crippen molar-refractivity contribution in [1.82, 2.24) is 10.2 Å². The number of hydrogen-bond acceptors (Lipinski definition) is 4. The summed E-state index contributed by atoms with van der Waals surface area (Å²) in [4.78, 5) is 28.9. The highest BCUT2D eigenvalue weighted by Crippen LogP contribution is 2.18. The molecule has 38 heavy (non-hydrogen) atoms. The lowest BCUT2D eigenvalue weighted by atomic mass is 10.0. The average Bonchev–Trinajstić information content (AvgIpc) is 2.98. The number of methoxy groups -OCH3 is 1. The van der Waals surface area contributed by atoms with Crippen LogP contribution in [0.15, 0.2) is 115 Å². The minimum absolute atomic E-state index is 0.183. The highest BCUT2D eigenvalue weighted by atomic mass is 16.5. The zero-order valence-corrected chi connectivity index (χ0v) is 21.5. The molecule has 0 saturated carbocycles. The van der Waals surface area contributed by atoms with Gasteiger partial charge >= 0.3 is 0 Å². The average molecular weight is 509 g/mol. The minimum Gasteiger partial charge on any atom is -0.497 e. The summed E-state index contributed by atoms with van der Waals surface area (Å²) in [6, 6.07) is 35.4. The summed E-state index contributed by atoms with van der Waals surface area (Å²) < 4.78 is 11.1. The molecule has 0 heterocycles. The number of para-hydroxylation sites is 1. The zero-order valence-electron chi connectivity index (χ0n) is 21.5. The van der Waals surface area contributed by atoms with Crippen LogP contribution in [0.25, 0.3) is 0 Å². The molecule has 0 aromatic heterocycles. The predicted molar refractivity (Wildman–Crippen MR) is 148 cm³/mol. The molecule has 0 bridgehead atoms. The summed E-state index contributed by atoms with van der Waals surface area (Å²) >= 11 is 0. The van der Waals surface area contributed by atoms with Gasteiger partial charge in [0.15, 0.2) is 6.61 Å². The second-order valence-corrected chi connectivity index (χ2v) is 8.88. The van der Waals surface area contributed by atoms with Gasteiger partial charge < -0.3 is 19.7 Å². The first kappa shape index (κ1) is 26.5. The summed E-state index contributed by atoms with van der Waals surface area (Å²) in [5, 5.41) is 3.04. The first-order valence-corrected chi connectivity index (χ1v) is 12.6. The molecule has 6 heteroatoms. The molecular weight excluding hydrogens is 476 g/mol. The number of carbonyl (C=O) groups is 2. The molecule has 0 saturated heterocycles. The lowest BCUT2D eigenvalue weighted by molar-refractivity contribution is -0.142. The molecule has 2 amide bonds. The molecule has 0 unspecified atom stereocenters. The SMILES string of the molecule is COc1ccc(CN(C(=O)COc2ccccc2)[C@H](Cc2ccccc2)C(=O)NCc2ccccc2)cc1. The normalized spacial score (nSPS) is 11.3. The van der Waals surface area contributed by atoms with Gasteiger partial charge in [-0.3, -0.25) is 9.59 Å². The van der Waals surface area contributed by atoms with Gasteiger partial charge in [-0.25, -0.2) is 0 Å². The maximum atomic E-state index is 13.7. The first-order chi connectivity index (χ1) is 18.6. The van der Waals surface area contributed by atoms with Gasteiger partial charge in [0.25, 0.3) is 5.91 Å². The number of nitrogens with zero attached hydrogens (tertiary/aromatic N) is 1. The fourth-order valence-corrected chi connectivity index (χ4v) is 4.13. The topological polar surface area (TPSA) is 67.9 Å². The molecule has 0 spiro atoms. The van der Waals surface area contributed by atoms with E-state index in [0.717, 1.165) is 22.4 Å². The standard InChI is InChI=1S/C32H32N2O4/c1-37-28-19-17-27(18-20-28)23-34(31(35)24-38-29-15-9-4-10-16-29)30(21-25-11-5-2-6-12-25)32(36)33-22-26-13-7-3-8-14-26/h2-20,30H,21-24H2,1H3,(H,33,36)/t30-/m1/s1. The van der Waals surface area contributed by atoms with Gasteiger partial charge in [0.1, 0.15) is 17.5 Å². The van der Waals surface area contributed by atoms with Crippen molar-refractivity contribution in [2.24, 2.45) is 0 Å². The van der Waals surface area contributed by atoms with Crippen LogP contribution < -0.4 is 14.8 Å². The highest BCUT2D eigenvalue weighted by molar-refractivity contribution is 5.88. The number of ether oxygens (including phenoxy) is 2. The third-order valence-electron chi connectivity index (χ3n) is 6.20. The Labute approximate surface area is 223 Å². The smallest absolute Gasteiger partial charge is 0.261 e. The number of hydrogen-bond donors (Lipinski definition) is 1. The molecular formula is C32H32N2O4. The summed E-state index contributed by atoms with van der Waals surface area (Å²) in [5.74, 6) is 0.818. The molecule has 194 valence electrons. The summed E-state index contributed by atoms with van der Waals surface area (Å²) in [7, 11) is 1.61. The van der Waals surface area contributed by atoms with E-state index in [0.29, 0.717) is 18.7 Å². The van der Waals surface area contributed by atoms with E-state index >= 15 is 0 Å². The lowest BCUT2D eigenvalue weighted by Crippen LogP contribution is -2.51. The Morgan fingerprint density at radius 1 is 0.711 bits per heavy atom. The Bertz CT molecular complexity index is 1280. The van der Waals surface area contributed by atoms with Crippen LogP contribution in [0.3, 0.4) is 0 Å². The quantitative estimate of drug-likeness (QED) is 0.292. The van der Waals surface area contributed by atoms with E-state index in [4.69, 9.17) is 9.47 Å². The second-order valence-electron chi connectivity index (χ2n) is 8.88. The lowest BCUT2D eigenvalue weighted by Gasteiger charge is -2.31. The Hall–Kier alpha value is -4.58. The summed E-state index contributed by atoms with van der Waals surface area (Å²) in [5.41, 5.74) is 2.83. The molecule has 1 atom stereocenters. The first-order valence-electron chi connectivity index (χ1n) is 12.6. The largest absolute Gasteiger partial charge is 0.497 e. The summed E-state index contributed by atoms with van der Waals surface area (Å²) in [6.45, 7) is 0.435. The van der Waals surface area contributed by atoms with E-state index in [2.05, 4.69) is 5.32 Å². The van der Waals surface area contributed by atoms with Crippen LogP contribution in [0.1, 0.15) is 16.7 Å². The molecule has 4 rings (SSSR count). The van der Waals surface area contributed by atoms with Gasteiger partial charge in [0.2, 0.25) is 5.91 Å². The van der Waals surface area contributed by atoms with Crippen molar-refractivity contribution >= 4 is 11.8 Å². The van der Waals surface area contributed by atoms with E-state index in [1.807, 2.05) is 103 Å². The maximum Gasteiger partial charge on any atom is 0.261 e. The molecule has 4 aromatic carbocycles. The Kier molecular flexibility index (Phi) is 9.51. The number of nitrogens with one attached hydrogen (secondary N) is 1. The maximum absolute atomic E-state index is 13.7. The number of amides is 2. The molecule has 0 aliphatic rings. The van der Waals surface area contributed by atoms with Crippen LogP contribution in [0.4, 0.5) is 0 Å². The van der Waals surface area contributed by atoms with Crippen LogP contribution >= 0.6 is 0 Å². The fourth-order valence-electron chi connectivity index (χ4n) is 4.13. The van der Waals surface area contributed by atoms with Crippen LogP contribution in [-0.2, 0) is 29.1 Å². The van der Waals surface area contributed by atoms with Gasteiger partial charge in [-0.15, -0.1) is 0 Å². The Balaban J connectivity index is 1.60. The number of rotatable bonds is 12. The van der Waals surface area contributed by atoms with Crippen LogP contribution in [-0.4, -0.2) is 36.5 Å². The van der Waals surface area contributed by atoms with E-state index in [1.54, 1.807) is 24.1 Å². The third kappa shape index (κ3) is 7.71. The Morgan fingerprint density at radius 3 is 1.89 bits per heavy atom. The monoisotopic (exact) mass is 508 g/mol. The molecule has 0 fully saturated rings. The van der Waals surface area contributed by atoms with Crippen LogP contribution in [0.5, 0.6) is 11.5 Å². The van der Waals surface area contributed by atoms with Crippen molar-refractivity contribution in [3.8, 4) is 11.5 Å². The molecule has 0 aliphatic carbocycles. The van der Waals surface area contributed by atoms with Gasteiger partial charge in [-0.1, -0.05) is 91.0 Å². The third-order valence-corrected chi connectivity index (χ3v) is 6.20. The summed E-state index contributed by atoms with van der Waals surface area (Å²) in [6.07, 6.45) is 0.370. The second kappa shape index (κ2) is 13.7. The van der Waals surface area contributed by atoms with Gasteiger partial charge in [0, 0.05) is 19.5 Å². The number of benzene rings is 4. The molecule has 6 nitrogen and oxygen atoms in total. The van der Waals surface area contributed by atoms with Gasteiger partial charge in [-0.2, -0.15) is 0 Å². The van der Waals surface area contributed by atoms with Crippen molar-refractivity contribution in [1.29, 1.82) is 0 Å². The van der Waals surface area contributed by atoms with Crippen molar-refractivity contribution in [2.75, 3.05) is 13.7 Å². The zero-order chi connectivity index (χ0) is 26.6. The van der Waals surface area contributed by atoms with Crippen molar-refractivity contribution in [3.05, 3.63) is 132 Å². The van der Waals surface area contributed by atoms with Crippen molar-refractivity contribution < 1.29 is 19.1 Å². The van der Waals surface area contributed by atoms with E-state index in [9.17, 15) is 9.59 Å². The van der Waals surface area contributed by atoms with E-state index < -0.39 is 6.04 Å². The fraction of sp³-hybridized carbons (Fsp3) is 0.188. The van der Waals surface area contributed by atoms with Crippen molar-refractivity contribution in [3.63, 3.8) is 0 Å². The minimum atomic E-state index is -0.741. The highest BCUT2D eigenvalue weighted by Gasteiger charge is 2.30. The molecule has 0 radical (unpaired) electrons. The Morgan fingerprint density at radius 2 is 1.29 bits per heavy atom. The van der Waals surface area contributed by atoms with Crippen LogP contribution in [0, 0.1) is 0 Å². The van der Waals surface area contributed by atoms with E-state index in [1.165, 1.54) is 0 Å².